The van der Waals surface area contributed by atoms with Crippen LogP contribution < -0.4 is 0 Å². The number of hydrogen-bond acceptors (Lipinski definition) is 5. The molecule has 0 saturated carbocycles. The van der Waals surface area contributed by atoms with Crippen molar-refractivity contribution in [3.8, 4) is 16.4 Å². The predicted molar refractivity (Wildman–Crippen MR) is 78.1 cm³/mol. The lowest BCUT2D eigenvalue weighted by atomic mass is 10.2. The molecule has 20 heavy (non-hydrogen) atoms. The van der Waals surface area contributed by atoms with E-state index in [1.165, 1.54) is 11.3 Å². The molecule has 0 atom stereocenters. The van der Waals surface area contributed by atoms with Crippen LogP contribution in [0, 0.1) is 6.92 Å². The van der Waals surface area contributed by atoms with Crippen LogP contribution in [-0.4, -0.2) is 24.9 Å². The van der Waals surface area contributed by atoms with E-state index >= 15 is 0 Å². The maximum Gasteiger partial charge on any atom is 0.143 e. The molecule has 0 saturated heterocycles. The summed E-state index contributed by atoms with van der Waals surface area (Å²) in [6, 6.07) is 3.72. The van der Waals surface area contributed by atoms with Crippen LogP contribution >= 0.6 is 22.9 Å². The summed E-state index contributed by atoms with van der Waals surface area (Å²) in [5.41, 5.74) is 2.85. The van der Waals surface area contributed by atoms with Gasteiger partial charge in [-0.2, -0.15) is 5.10 Å². The third-order valence-electron chi connectivity index (χ3n) is 2.82. The summed E-state index contributed by atoms with van der Waals surface area (Å²) in [7, 11) is 0. The maximum atomic E-state index is 9.47. The van der Waals surface area contributed by atoms with Gasteiger partial charge in [-0.05, 0) is 19.1 Å². The Balaban J connectivity index is 2.10. The van der Waals surface area contributed by atoms with E-state index in [9.17, 15) is 5.11 Å². The van der Waals surface area contributed by atoms with Crippen molar-refractivity contribution in [2.75, 3.05) is 0 Å². The lowest BCUT2D eigenvalue weighted by molar-refractivity contribution is 0.281. The fourth-order valence-corrected chi connectivity index (χ4v) is 2.81. The van der Waals surface area contributed by atoms with Crippen molar-refractivity contribution in [2.24, 2.45) is 0 Å². The Hall–Kier alpha value is -1.76. The third kappa shape index (κ3) is 2.33. The topological polar surface area (TPSA) is 63.8 Å². The molecule has 0 spiro atoms. The van der Waals surface area contributed by atoms with Gasteiger partial charge in [0.1, 0.15) is 15.9 Å². The summed E-state index contributed by atoms with van der Waals surface area (Å²) in [6.45, 7) is 1.66. The van der Waals surface area contributed by atoms with E-state index in [-0.39, 0.29) is 6.61 Å². The molecule has 0 radical (unpaired) electrons. The van der Waals surface area contributed by atoms with Crippen LogP contribution in [0.15, 0.2) is 29.9 Å². The zero-order valence-electron chi connectivity index (χ0n) is 10.6. The second-order valence-corrected chi connectivity index (χ2v) is 5.45. The number of pyridine rings is 1. The first-order valence-electron chi connectivity index (χ1n) is 5.92. The first-order chi connectivity index (χ1) is 9.69. The highest BCUT2D eigenvalue weighted by Crippen LogP contribution is 2.25. The van der Waals surface area contributed by atoms with Crippen molar-refractivity contribution < 1.29 is 5.11 Å². The normalized spacial score (nSPS) is 10.9. The van der Waals surface area contributed by atoms with Crippen LogP contribution in [0.2, 0.25) is 5.15 Å². The van der Waals surface area contributed by atoms with E-state index in [1.807, 2.05) is 30.6 Å². The zero-order valence-corrected chi connectivity index (χ0v) is 12.2. The smallest absolute Gasteiger partial charge is 0.143 e. The number of rotatable bonds is 3. The van der Waals surface area contributed by atoms with Gasteiger partial charge < -0.3 is 5.11 Å². The lowest BCUT2D eigenvalue weighted by Crippen LogP contribution is -2.04. The number of thiazole rings is 1. The summed E-state index contributed by atoms with van der Waals surface area (Å²) in [5, 5.41) is 17.0. The minimum Gasteiger partial charge on any atom is -0.391 e. The summed E-state index contributed by atoms with van der Waals surface area (Å²) in [4.78, 5) is 8.37. The molecule has 0 aromatic carbocycles. The number of aromatic nitrogens is 4. The van der Waals surface area contributed by atoms with Crippen molar-refractivity contribution in [2.45, 2.75) is 13.5 Å². The molecule has 7 heteroatoms. The van der Waals surface area contributed by atoms with Gasteiger partial charge in [-0.25, -0.2) is 14.6 Å². The minimum atomic E-state index is -0.187. The van der Waals surface area contributed by atoms with Crippen molar-refractivity contribution in [1.82, 2.24) is 19.7 Å². The molecule has 0 fully saturated rings. The molecule has 0 unspecified atom stereocenters. The van der Waals surface area contributed by atoms with Gasteiger partial charge in [-0.3, -0.25) is 0 Å². The van der Waals surface area contributed by atoms with Gasteiger partial charge >= 0.3 is 0 Å². The molecule has 0 bridgehead atoms. The Labute approximate surface area is 124 Å². The van der Waals surface area contributed by atoms with Crippen LogP contribution in [0.5, 0.6) is 0 Å². The molecular formula is C13H11ClN4OS. The van der Waals surface area contributed by atoms with Gasteiger partial charge in [-0.15, -0.1) is 11.3 Å². The number of hydrogen-bond donors (Lipinski definition) is 1. The van der Waals surface area contributed by atoms with Crippen LogP contribution in [0.25, 0.3) is 16.4 Å². The summed E-state index contributed by atoms with van der Waals surface area (Å²) in [5.74, 6) is 0. The van der Waals surface area contributed by atoms with Crippen LogP contribution in [0.4, 0.5) is 0 Å². The van der Waals surface area contributed by atoms with E-state index in [2.05, 4.69) is 15.1 Å². The standard InChI is InChI=1S/C13H11ClN4OS/c1-8-6-11(9(7-19)12(14)16-8)18-4-2-10(17-18)13-15-3-5-20-13/h2-6,19H,7H2,1H3. The van der Waals surface area contributed by atoms with Gasteiger partial charge in [0.25, 0.3) is 0 Å². The molecule has 3 heterocycles. The van der Waals surface area contributed by atoms with Gasteiger partial charge in [0.05, 0.1) is 12.3 Å². The summed E-state index contributed by atoms with van der Waals surface area (Å²) >= 11 is 7.59. The number of aliphatic hydroxyl groups excluding tert-OH is 1. The fourth-order valence-electron chi connectivity index (χ4n) is 1.92. The number of nitrogens with zero attached hydrogens (tertiary/aromatic N) is 4. The largest absolute Gasteiger partial charge is 0.391 e. The van der Waals surface area contributed by atoms with E-state index in [1.54, 1.807) is 10.9 Å². The van der Waals surface area contributed by atoms with Crippen molar-refractivity contribution in [3.63, 3.8) is 0 Å². The van der Waals surface area contributed by atoms with E-state index in [4.69, 9.17) is 11.6 Å². The summed E-state index contributed by atoms with van der Waals surface area (Å²) in [6.07, 6.45) is 3.56. The molecular weight excluding hydrogens is 296 g/mol. The first kappa shape index (κ1) is 13.2. The van der Waals surface area contributed by atoms with Crippen LogP contribution in [-0.2, 0) is 6.61 Å². The second kappa shape index (κ2) is 5.32. The molecule has 1 N–H and O–H groups in total. The summed E-state index contributed by atoms with van der Waals surface area (Å²) < 4.78 is 1.68. The Morgan fingerprint density at radius 3 is 3.00 bits per heavy atom. The van der Waals surface area contributed by atoms with Crippen molar-refractivity contribution >= 4 is 22.9 Å². The number of aryl methyl sites for hydroxylation is 1. The average molecular weight is 307 g/mol. The fraction of sp³-hybridized carbons (Fsp3) is 0.154. The SMILES string of the molecule is Cc1cc(-n2ccc(-c3nccs3)n2)c(CO)c(Cl)n1. The molecule has 3 aromatic rings. The number of aliphatic hydroxyl groups is 1. The van der Waals surface area contributed by atoms with Crippen LogP contribution in [0.3, 0.4) is 0 Å². The monoisotopic (exact) mass is 306 g/mol. The third-order valence-corrected chi connectivity index (χ3v) is 3.93. The second-order valence-electron chi connectivity index (χ2n) is 4.19. The Bertz CT molecular complexity index is 739. The zero-order chi connectivity index (χ0) is 14.1. The molecule has 3 aromatic heterocycles. The van der Waals surface area contributed by atoms with Gasteiger partial charge in [0, 0.05) is 29.0 Å². The molecule has 0 amide bonds. The predicted octanol–water partition coefficient (Wildman–Crippen LogP) is 2.84. The van der Waals surface area contributed by atoms with Gasteiger partial charge in [0.15, 0.2) is 0 Å². The molecule has 5 nitrogen and oxygen atoms in total. The average Bonchev–Trinajstić information content (AvgIpc) is 3.09. The number of halogens is 1. The van der Waals surface area contributed by atoms with E-state index in [0.717, 1.165) is 22.1 Å². The van der Waals surface area contributed by atoms with E-state index < -0.39 is 0 Å². The van der Waals surface area contributed by atoms with Crippen molar-refractivity contribution in [3.05, 3.63) is 46.3 Å². The van der Waals surface area contributed by atoms with Gasteiger partial charge in [0.2, 0.25) is 0 Å². The quantitative estimate of drug-likeness (QED) is 0.756. The minimum absolute atomic E-state index is 0.187. The Morgan fingerprint density at radius 1 is 1.45 bits per heavy atom. The molecule has 0 aliphatic carbocycles. The molecule has 0 aliphatic heterocycles. The lowest BCUT2D eigenvalue weighted by Gasteiger charge is -2.10. The van der Waals surface area contributed by atoms with Crippen LogP contribution in [0.1, 0.15) is 11.3 Å². The first-order valence-corrected chi connectivity index (χ1v) is 7.17. The molecule has 102 valence electrons. The molecule has 3 rings (SSSR count). The highest BCUT2D eigenvalue weighted by molar-refractivity contribution is 7.13. The Morgan fingerprint density at radius 2 is 2.30 bits per heavy atom. The Kier molecular flexibility index (Phi) is 3.52. The van der Waals surface area contributed by atoms with Crippen molar-refractivity contribution in [1.29, 1.82) is 0 Å². The van der Waals surface area contributed by atoms with Gasteiger partial charge in [-0.1, -0.05) is 11.6 Å². The highest BCUT2D eigenvalue weighted by atomic mass is 35.5. The highest BCUT2D eigenvalue weighted by Gasteiger charge is 2.13. The maximum absolute atomic E-state index is 9.47. The van der Waals surface area contributed by atoms with E-state index in [0.29, 0.717) is 10.7 Å². The molecule has 0 aliphatic rings.